The van der Waals surface area contributed by atoms with Crippen LogP contribution in [-0.4, -0.2) is 32.3 Å². The number of benzene rings is 2. The predicted octanol–water partition coefficient (Wildman–Crippen LogP) is 2.39. The minimum absolute atomic E-state index is 0.310. The van der Waals surface area contributed by atoms with E-state index >= 15 is 0 Å². The van der Waals surface area contributed by atoms with Gasteiger partial charge in [-0.1, -0.05) is 12.1 Å². The van der Waals surface area contributed by atoms with E-state index in [1.807, 2.05) is 0 Å². The van der Waals surface area contributed by atoms with Gasteiger partial charge in [-0.2, -0.15) is 5.10 Å². The van der Waals surface area contributed by atoms with Gasteiger partial charge in [0.05, 0.1) is 26.0 Å². The van der Waals surface area contributed by atoms with Crippen LogP contribution in [0.4, 0.5) is 0 Å². The summed E-state index contributed by atoms with van der Waals surface area (Å²) in [5.41, 5.74) is 3.47. The summed E-state index contributed by atoms with van der Waals surface area (Å²) in [5, 5.41) is 3.92. The highest BCUT2D eigenvalue weighted by atomic mass is 16.6. The monoisotopic (exact) mass is 342 g/mol. The number of nitrogens with zero attached hydrogens (tertiary/aromatic N) is 1. The minimum Gasteiger partial charge on any atom is -0.496 e. The largest absolute Gasteiger partial charge is 0.496 e. The van der Waals surface area contributed by atoms with Crippen molar-refractivity contribution in [3.8, 4) is 17.2 Å². The fourth-order valence-corrected chi connectivity index (χ4v) is 2.06. The van der Waals surface area contributed by atoms with E-state index in [0.29, 0.717) is 28.4 Å². The molecule has 0 radical (unpaired) electrons. The van der Waals surface area contributed by atoms with Gasteiger partial charge in [-0.25, -0.2) is 5.43 Å². The Labute approximate surface area is 145 Å². The Hall–Kier alpha value is -3.35. The summed E-state index contributed by atoms with van der Waals surface area (Å²) in [7, 11) is 2.96. The van der Waals surface area contributed by atoms with Crippen molar-refractivity contribution in [2.45, 2.75) is 6.92 Å². The van der Waals surface area contributed by atoms with Crippen LogP contribution in [0.1, 0.15) is 22.8 Å². The minimum atomic E-state index is -0.441. The molecule has 0 heterocycles. The van der Waals surface area contributed by atoms with Gasteiger partial charge in [-0.3, -0.25) is 9.59 Å². The third-order valence-corrected chi connectivity index (χ3v) is 3.17. The van der Waals surface area contributed by atoms with Crippen molar-refractivity contribution >= 4 is 18.1 Å². The zero-order chi connectivity index (χ0) is 18.2. The molecule has 0 saturated heterocycles. The fraction of sp³-hybridized carbons (Fsp3) is 0.167. The van der Waals surface area contributed by atoms with Crippen molar-refractivity contribution in [2.24, 2.45) is 5.10 Å². The van der Waals surface area contributed by atoms with E-state index in [-0.39, 0.29) is 0 Å². The fourth-order valence-electron chi connectivity index (χ4n) is 2.06. The Bertz CT molecular complexity index is 802. The number of esters is 1. The normalized spacial score (nSPS) is 10.4. The number of carbonyl (C=O) groups excluding carboxylic acids is 2. The third-order valence-electron chi connectivity index (χ3n) is 3.17. The molecule has 0 aromatic heterocycles. The molecule has 0 aliphatic rings. The number of methoxy groups -OCH3 is 2. The molecule has 2 aromatic carbocycles. The molecule has 0 atom stereocenters. The zero-order valence-electron chi connectivity index (χ0n) is 14.1. The SMILES string of the molecule is COc1cc(/C=N/NC(=O)c2ccccc2OC)ccc1OC(C)=O. The first-order valence-corrected chi connectivity index (χ1v) is 7.38. The average Bonchev–Trinajstić information content (AvgIpc) is 2.62. The van der Waals surface area contributed by atoms with Gasteiger partial charge in [0, 0.05) is 6.92 Å². The molecule has 0 saturated carbocycles. The summed E-state index contributed by atoms with van der Waals surface area (Å²) in [6, 6.07) is 11.7. The first-order valence-electron chi connectivity index (χ1n) is 7.38. The number of para-hydroxylation sites is 1. The molecule has 7 nitrogen and oxygen atoms in total. The van der Waals surface area contributed by atoms with Crippen LogP contribution in [0.5, 0.6) is 17.2 Å². The molecular formula is C18H18N2O5. The Morgan fingerprint density at radius 1 is 1.00 bits per heavy atom. The van der Waals surface area contributed by atoms with E-state index in [1.165, 1.54) is 27.4 Å². The highest BCUT2D eigenvalue weighted by Crippen LogP contribution is 2.27. The second kappa shape index (κ2) is 8.49. The van der Waals surface area contributed by atoms with E-state index in [9.17, 15) is 9.59 Å². The lowest BCUT2D eigenvalue weighted by Crippen LogP contribution is -2.18. The summed E-state index contributed by atoms with van der Waals surface area (Å²) >= 11 is 0. The molecule has 0 spiro atoms. The molecule has 1 N–H and O–H groups in total. The summed E-state index contributed by atoms with van der Waals surface area (Å²) in [5.74, 6) is 0.323. The van der Waals surface area contributed by atoms with Gasteiger partial charge in [-0.05, 0) is 35.9 Å². The van der Waals surface area contributed by atoms with Crippen LogP contribution in [0.25, 0.3) is 0 Å². The molecule has 25 heavy (non-hydrogen) atoms. The lowest BCUT2D eigenvalue weighted by atomic mass is 10.2. The van der Waals surface area contributed by atoms with Gasteiger partial charge in [0.1, 0.15) is 5.75 Å². The summed E-state index contributed by atoms with van der Waals surface area (Å²) in [4.78, 5) is 23.2. The molecule has 0 fully saturated rings. The van der Waals surface area contributed by atoms with E-state index in [4.69, 9.17) is 14.2 Å². The molecule has 2 rings (SSSR count). The molecule has 2 aromatic rings. The maximum atomic E-state index is 12.1. The van der Waals surface area contributed by atoms with Crippen molar-refractivity contribution in [1.29, 1.82) is 0 Å². The Kier molecular flexibility index (Phi) is 6.11. The number of hydrogen-bond donors (Lipinski definition) is 1. The number of ether oxygens (including phenoxy) is 3. The Morgan fingerprint density at radius 2 is 1.72 bits per heavy atom. The quantitative estimate of drug-likeness (QED) is 0.377. The zero-order valence-corrected chi connectivity index (χ0v) is 14.1. The van der Waals surface area contributed by atoms with Gasteiger partial charge in [-0.15, -0.1) is 0 Å². The standard InChI is InChI=1S/C18H18N2O5/c1-12(21)25-16-9-8-13(10-17(16)24-3)11-19-20-18(22)14-6-4-5-7-15(14)23-2/h4-11H,1-3H3,(H,20,22)/b19-11+. The van der Waals surface area contributed by atoms with Gasteiger partial charge in [0.25, 0.3) is 5.91 Å². The van der Waals surface area contributed by atoms with Crippen molar-refractivity contribution in [3.05, 3.63) is 53.6 Å². The van der Waals surface area contributed by atoms with Crippen LogP contribution in [0.3, 0.4) is 0 Å². The van der Waals surface area contributed by atoms with Crippen molar-refractivity contribution < 1.29 is 23.8 Å². The molecule has 130 valence electrons. The van der Waals surface area contributed by atoms with Crippen LogP contribution < -0.4 is 19.6 Å². The smallest absolute Gasteiger partial charge is 0.308 e. The number of hydrogen-bond acceptors (Lipinski definition) is 6. The van der Waals surface area contributed by atoms with E-state index in [2.05, 4.69) is 10.5 Å². The number of hydrazone groups is 1. The van der Waals surface area contributed by atoms with Gasteiger partial charge >= 0.3 is 5.97 Å². The summed E-state index contributed by atoms with van der Waals surface area (Å²) in [6.07, 6.45) is 1.45. The van der Waals surface area contributed by atoms with Gasteiger partial charge < -0.3 is 14.2 Å². The van der Waals surface area contributed by atoms with E-state index in [0.717, 1.165) is 0 Å². The van der Waals surface area contributed by atoms with E-state index in [1.54, 1.807) is 42.5 Å². The predicted molar refractivity (Wildman–Crippen MR) is 92.4 cm³/mol. The number of amides is 1. The first-order chi connectivity index (χ1) is 12.0. The van der Waals surface area contributed by atoms with Crippen LogP contribution in [0, 0.1) is 0 Å². The van der Waals surface area contributed by atoms with Crippen LogP contribution >= 0.6 is 0 Å². The highest BCUT2D eigenvalue weighted by molar-refractivity contribution is 5.97. The van der Waals surface area contributed by atoms with Crippen molar-refractivity contribution in [2.75, 3.05) is 14.2 Å². The number of nitrogens with one attached hydrogen (secondary N) is 1. The molecule has 7 heteroatoms. The third kappa shape index (κ3) is 4.81. The topological polar surface area (TPSA) is 86.2 Å². The van der Waals surface area contributed by atoms with Crippen molar-refractivity contribution in [1.82, 2.24) is 5.43 Å². The maximum absolute atomic E-state index is 12.1. The number of rotatable bonds is 6. The maximum Gasteiger partial charge on any atom is 0.308 e. The molecule has 1 amide bonds. The highest BCUT2D eigenvalue weighted by Gasteiger charge is 2.10. The Morgan fingerprint density at radius 3 is 2.40 bits per heavy atom. The van der Waals surface area contributed by atoms with E-state index < -0.39 is 11.9 Å². The molecular weight excluding hydrogens is 324 g/mol. The van der Waals surface area contributed by atoms with Gasteiger partial charge in [0.2, 0.25) is 0 Å². The lowest BCUT2D eigenvalue weighted by molar-refractivity contribution is -0.132. The van der Waals surface area contributed by atoms with Crippen molar-refractivity contribution in [3.63, 3.8) is 0 Å². The molecule has 0 bridgehead atoms. The second-order valence-corrected chi connectivity index (χ2v) is 4.90. The van der Waals surface area contributed by atoms with Gasteiger partial charge in [0.15, 0.2) is 11.5 Å². The van der Waals surface area contributed by atoms with Crippen LogP contribution in [0.2, 0.25) is 0 Å². The molecule has 0 unspecified atom stereocenters. The van der Waals surface area contributed by atoms with Crippen LogP contribution in [-0.2, 0) is 4.79 Å². The molecule has 0 aliphatic heterocycles. The summed E-state index contributed by atoms with van der Waals surface area (Å²) < 4.78 is 15.3. The van der Waals surface area contributed by atoms with Crippen LogP contribution in [0.15, 0.2) is 47.6 Å². The number of carbonyl (C=O) groups is 2. The molecule has 0 aliphatic carbocycles. The Balaban J connectivity index is 2.09. The second-order valence-electron chi connectivity index (χ2n) is 4.90. The first kappa shape index (κ1) is 18.0. The summed E-state index contributed by atoms with van der Waals surface area (Å²) in [6.45, 7) is 1.31. The lowest BCUT2D eigenvalue weighted by Gasteiger charge is -2.08. The average molecular weight is 342 g/mol.